The van der Waals surface area contributed by atoms with E-state index < -0.39 is 5.97 Å². The molecule has 1 N–H and O–H groups in total. The summed E-state index contributed by atoms with van der Waals surface area (Å²) in [6.07, 6.45) is 5.51. The first-order valence-electron chi connectivity index (χ1n) is 12.2. The zero-order valence-corrected chi connectivity index (χ0v) is 19.7. The summed E-state index contributed by atoms with van der Waals surface area (Å²) in [6.45, 7) is 0. The number of carbonyl (C=O) groups excluding carboxylic acids is 2. The number of carboxylic acid groups (broad SMARTS) is 1. The maximum atomic E-state index is 12.4. The lowest BCUT2D eigenvalue weighted by atomic mass is 9.77. The van der Waals surface area contributed by atoms with Crippen molar-refractivity contribution in [1.82, 2.24) is 10.1 Å². The van der Waals surface area contributed by atoms with Crippen molar-refractivity contribution in [2.75, 3.05) is 0 Å². The SMILES string of the molecule is O=C(O)CC1CCC(c2ccc(CC(=O)CCCC(=O)c3noc(-c4ccccc4)n3)cc2)CC1. The van der Waals surface area contributed by atoms with Crippen LogP contribution in [-0.2, 0) is 16.0 Å². The average Bonchev–Trinajstić information content (AvgIpc) is 3.36. The van der Waals surface area contributed by atoms with Gasteiger partial charge in [-0.2, -0.15) is 4.98 Å². The van der Waals surface area contributed by atoms with E-state index in [1.165, 1.54) is 5.56 Å². The normalized spacial score (nSPS) is 17.7. The number of benzene rings is 2. The Morgan fingerprint density at radius 1 is 0.914 bits per heavy atom. The molecule has 0 spiro atoms. The summed E-state index contributed by atoms with van der Waals surface area (Å²) in [7, 11) is 0. The molecule has 0 unspecified atom stereocenters. The molecule has 0 atom stereocenters. The van der Waals surface area contributed by atoms with Crippen LogP contribution in [-0.4, -0.2) is 32.8 Å². The van der Waals surface area contributed by atoms with Crippen LogP contribution in [0.25, 0.3) is 11.5 Å². The first kappa shape index (κ1) is 24.5. The number of hydrogen-bond acceptors (Lipinski definition) is 6. The van der Waals surface area contributed by atoms with Crippen LogP contribution in [0.1, 0.15) is 79.0 Å². The number of aliphatic carboxylic acids is 1. The minimum Gasteiger partial charge on any atom is -0.481 e. The second-order valence-electron chi connectivity index (χ2n) is 9.34. The zero-order valence-electron chi connectivity index (χ0n) is 19.7. The molecule has 4 rings (SSSR count). The lowest BCUT2D eigenvalue weighted by Gasteiger charge is -2.28. The summed E-state index contributed by atoms with van der Waals surface area (Å²) in [5, 5.41) is 12.7. The fourth-order valence-corrected chi connectivity index (χ4v) is 4.76. The van der Waals surface area contributed by atoms with Gasteiger partial charge in [-0.3, -0.25) is 14.4 Å². The van der Waals surface area contributed by atoms with Gasteiger partial charge in [-0.05, 0) is 67.2 Å². The monoisotopic (exact) mass is 474 g/mol. The third-order valence-corrected chi connectivity index (χ3v) is 6.72. The maximum absolute atomic E-state index is 12.4. The van der Waals surface area contributed by atoms with Gasteiger partial charge in [0, 0.05) is 31.2 Å². The average molecular weight is 475 g/mol. The molecule has 1 aliphatic carbocycles. The van der Waals surface area contributed by atoms with Crippen LogP contribution in [0.2, 0.25) is 0 Å². The van der Waals surface area contributed by atoms with E-state index in [2.05, 4.69) is 22.3 Å². The molecule has 1 fully saturated rings. The van der Waals surface area contributed by atoms with E-state index in [0.29, 0.717) is 37.0 Å². The quantitative estimate of drug-likeness (QED) is 0.358. The van der Waals surface area contributed by atoms with Crippen LogP contribution in [0.4, 0.5) is 0 Å². The number of aromatic nitrogens is 2. The van der Waals surface area contributed by atoms with Gasteiger partial charge in [-0.1, -0.05) is 47.6 Å². The fraction of sp³-hybridized carbons (Fsp3) is 0.393. The molecule has 3 aromatic rings. The van der Waals surface area contributed by atoms with Gasteiger partial charge in [0.1, 0.15) is 5.78 Å². The van der Waals surface area contributed by atoms with Crippen LogP contribution in [0.3, 0.4) is 0 Å². The van der Waals surface area contributed by atoms with E-state index in [-0.39, 0.29) is 30.2 Å². The Balaban J connectivity index is 1.19. The highest BCUT2D eigenvalue weighted by Gasteiger charge is 2.24. The van der Waals surface area contributed by atoms with Gasteiger partial charge >= 0.3 is 5.97 Å². The molecule has 2 aromatic carbocycles. The van der Waals surface area contributed by atoms with E-state index in [1.807, 2.05) is 42.5 Å². The second-order valence-corrected chi connectivity index (χ2v) is 9.34. The van der Waals surface area contributed by atoms with Crippen LogP contribution in [0.15, 0.2) is 59.1 Å². The molecule has 0 amide bonds. The molecule has 0 radical (unpaired) electrons. The Kier molecular flexibility index (Phi) is 8.19. The molecule has 7 heteroatoms. The van der Waals surface area contributed by atoms with Gasteiger partial charge in [0.15, 0.2) is 0 Å². The van der Waals surface area contributed by atoms with Crippen LogP contribution in [0.5, 0.6) is 0 Å². The van der Waals surface area contributed by atoms with Crippen molar-refractivity contribution in [3.63, 3.8) is 0 Å². The van der Waals surface area contributed by atoms with Crippen molar-refractivity contribution < 1.29 is 24.0 Å². The van der Waals surface area contributed by atoms with E-state index >= 15 is 0 Å². The second kappa shape index (κ2) is 11.7. The summed E-state index contributed by atoms with van der Waals surface area (Å²) in [5.74, 6) is 0.260. The Morgan fingerprint density at radius 2 is 1.63 bits per heavy atom. The first-order chi connectivity index (χ1) is 17.0. The highest BCUT2D eigenvalue weighted by Crippen LogP contribution is 2.37. The van der Waals surface area contributed by atoms with E-state index in [4.69, 9.17) is 9.63 Å². The molecule has 1 heterocycles. The largest absolute Gasteiger partial charge is 0.481 e. The van der Waals surface area contributed by atoms with Crippen LogP contribution < -0.4 is 0 Å². The maximum Gasteiger partial charge on any atom is 0.303 e. The van der Waals surface area contributed by atoms with Gasteiger partial charge in [0.2, 0.25) is 11.6 Å². The molecule has 1 aliphatic rings. The number of Topliss-reactive ketones (excluding diaryl/α,β-unsaturated/α-hetero) is 2. The molecular weight excluding hydrogens is 444 g/mol. The topological polar surface area (TPSA) is 110 Å². The summed E-state index contributed by atoms with van der Waals surface area (Å²) >= 11 is 0. The van der Waals surface area contributed by atoms with Crippen molar-refractivity contribution in [2.45, 2.75) is 63.7 Å². The molecule has 182 valence electrons. The predicted molar refractivity (Wildman–Crippen MR) is 130 cm³/mol. The number of carbonyl (C=O) groups is 3. The minimum absolute atomic E-state index is 0.0453. The Morgan fingerprint density at radius 3 is 2.31 bits per heavy atom. The van der Waals surface area contributed by atoms with Gasteiger partial charge in [-0.15, -0.1) is 0 Å². The van der Waals surface area contributed by atoms with Crippen LogP contribution >= 0.6 is 0 Å². The minimum atomic E-state index is -0.709. The highest BCUT2D eigenvalue weighted by atomic mass is 16.5. The van der Waals surface area contributed by atoms with Gasteiger partial charge < -0.3 is 9.63 Å². The van der Waals surface area contributed by atoms with Gasteiger partial charge in [0.05, 0.1) is 0 Å². The molecule has 35 heavy (non-hydrogen) atoms. The van der Waals surface area contributed by atoms with Gasteiger partial charge in [-0.25, -0.2) is 0 Å². The predicted octanol–water partition coefficient (Wildman–Crippen LogP) is 5.65. The van der Waals surface area contributed by atoms with Crippen molar-refractivity contribution in [1.29, 1.82) is 0 Å². The Hall–Kier alpha value is -3.61. The third-order valence-electron chi connectivity index (χ3n) is 6.72. The molecule has 0 aliphatic heterocycles. The standard InChI is InChI=1S/C28H30N2O5/c31-24(7-4-8-25(32)27-29-28(35-30-27)23-5-2-1-3-6-23)17-19-9-13-21(14-10-19)22-15-11-20(12-16-22)18-26(33)34/h1-3,5-6,9-10,13-14,20,22H,4,7-8,11-12,15-18H2,(H,33,34). The molecule has 0 bridgehead atoms. The number of ketones is 2. The summed E-state index contributed by atoms with van der Waals surface area (Å²) < 4.78 is 5.18. The smallest absolute Gasteiger partial charge is 0.303 e. The van der Waals surface area contributed by atoms with Gasteiger partial charge in [0.25, 0.3) is 5.89 Å². The molecular formula is C28H30N2O5. The number of nitrogens with zero attached hydrogens (tertiary/aromatic N) is 2. The lowest BCUT2D eigenvalue weighted by molar-refractivity contribution is -0.138. The van der Waals surface area contributed by atoms with Crippen molar-refractivity contribution in [3.05, 3.63) is 71.5 Å². The van der Waals surface area contributed by atoms with Crippen molar-refractivity contribution in [3.8, 4) is 11.5 Å². The lowest BCUT2D eigenvalue weighted by Crippen LogP contribution is -2.16. The molecule has 1 aromatic heterocycles. The molecule has 1 saturated carbocycles. The van der Waals surface area contributed by atoms with E-state index in [1.54, 1.807) is 0 Å². The summed E-state index contributed by atoms with van der Waals surface area (Å²) in [5.41, 5.74) is 2.98. The fourth-order valence-electron chi connectivity index (χ4n) is 4.76. The highest BCUT2D eigenvalue weighted by molar-refractivity contribution is 5.93. The Bertz CT molecular complexity index is 1150. The number of hydrogen-bond donors (Lipinski definition) is 1. The van der Waals surface area contributed by atoms with E-state index in [0.717, 1.165) is 36.8 Å². The zero-order chi connectivity index (χ0) is 24.6. The number of carboxylic acids is 1. The summed E-state index contributed by atoms with van der Waals surface area (Å²) in [4.78, 5) is 39.9. The van der Waals surface area contributed by atoms with Crippen molar-refractivity contribution in [2.24, 2.45) is 5.92 Å². The molecule has 0 saturated heterocycles. The van der Waals surface area contributed by atoms with Crippen LogP contribution in [0, 0.1) is 5.92 Å². The first-order valence-corrected chi connectivity index (χ1v) is 12.2. The van der Waals surface area contributed by atoms with Crippen molar-refractivity contribution >= 4 is 17.5 Å². The Labute approximate surface area is 204 Å². The van der Waals surface area contributed by atoms with E-state index in [9.17, 15) is 14.4 Å². The molecule has 7 nitrogen and oxygen atoms in total. The number of rotatable bonds is 11. The third kappa shape index (κ3) is 6.94. The summed E-state index contributed by atoms with van der Waals surface area (Å²) in [6, 6.07) is 17.5.